The van der Waals surface area contributed by atoms with E-state index in [0.29, 0.717) is 0 Å². The van der Waals surface area contributed by atoms with Crippen molar-refractivity contribution < 1.29 is 9.90 Å². The van der Waals surface area contributed by atoms with Crippen LogP contribution in [0.25, 0.3) is 0 Å². The molecule has 1 rings (SSSR count). The minimum atomic E-state index is -0.757. The average Bonchev–Trinajstić information content (AvgIpc) is 2.32. The first-order valence-corrected chi connectivity index (χ1v) is 7.00. The van der Waals surface area contributed by atoms with Gasteiger partial charge in [0, 0.05) is 10.5 Å². The number of aliphatic carboxylic acids is 1. The molecule has 0 heterocycles. The molecule has 0 aliphatic heterocycles. The second-order valence-electron chi connectivity index (χ2n) is 4.34. The van der Waals surface area contributed by atoms with Gasteiger partial charge in [-0.2, -0.15) is 0 Å². The number of carboxylic acids is 1. The van der Waals surface area contributed by atoms with Crippen molar-refractivity contribution in [3.63, 3.8) is 0 Å². The van der Waals surface area contributed by atoms with Crippen LogP contribution in [-0.4, -0.2) is 29.1 Å². The van der Waals surface area contributed by atoms with Crippen LogP contribution in [0.15, 0.2) is 22.7 Å². The minimum absolute atomic E-state index is 0.0516. The molecule has 4 heteroatoms. The fraction of sp³-hybridized carbons (Fsp3) is 0.500. The molecule has 0 bridgehead atoms. The van der Waals surface area contributed by atoms with Gasteiger partial charge in [-0.05, 0) is 37.2 Å². The van der Waals surface area contributed by atoms with Gasteiger partial charge in [0.2, 0.25) is 0 Å². The van der Waals surface area contributed by atoms with Crippen LogP contribution < -0.4 is 0 Å². The van der Waals surface area contributed by atoms with Gasteiger partial charge in [0.15, 0.2) is 0 Å². The van der Waals surface area contributed by atoms with Crippen LogP contribution in [0.3, 0.4) is 0 Å². The Morgan fingerprint density at radius 1 is 1.39 bits per heavy atom. The lowest BCUT2D eigenvalue weighted by molar-refractivity contribution is -0.138. The van der Waals surface area contributed by atoms with Crippen molar-refractivity contribution in [2.45, 2.75) is 33.2 Å². The maximum atomic E-state index is 11.0. The highest BCUT2D eigenvalue weighted by Gasteiger charge is 2.21. The highest BCUT2D eigenvalue weighted by atomic mass is 79.9. The molecular formula is C14H20BrNO2. The molecule has 1 unspecified atom stereocenters. The summed E-state index contributed by atoms with van der Waals surface area (Å²) in [7, 11) is 0. The summed E-state index contributed by atoms with van der Waals surface area (Å²) in [5.41, 5.74) is 2.21. The lowest BCUT2D eigenvalue weighted by Crippen LogP contribution is -2.30. The topological polar surface area (TPSA) is 40.5 Å². The number of nitrogens with zero attached hydrogens (tertiary/aromatic N) is 1. The molecule has 1 N–H and O–H groups in total. The van der Waals surface area contributed by atoms with E-state index in [1.165, 1.54) is 0 Å². The fourth-order valence-corrected chi connectivity index (χ4v) is 2.41. The van der Waals surface area contributed by atoms with Gasteiger partial charge < -0.3 is 5.11 Å². The zero-order valence-electron chi connectivity index (χ0n) is 11.1. The Balaban J connectivity index is 3.07. The molecule has 0 amide bonds. The van der Waals surface area contributed by atoms with Gasteiger partial charge in [-0.1, -0.05) is 41.9 Å². The van der Waals surface area contributed by atoms with E-state index in [-0.39, 0.29) is 12.5 Å². The van der Waals surface area contributed by atoms with Crippen molar-refractivity contribution in [1.29, 1.82) is 0 Å². The number of halogens is 1. The second-order valence-corrected chi connectivity index (χ2v) is 5.20. The lowest BCUT2D eigenvalue weighted by atomic mass is 10.00. The number of carboxylic acid groups (broad SMARTS) is 1. The standard InChI is InChI=1S/C14H20BrNO2/c1-4-16(5-2)13(9-14(17)18)11-6-7-12(15)10(3)8-11/h6-8,13H,4-5,9H2,1-3H3,(H,17,18). The van der Waals surface area contributed by atoms with E-state index in [0.717, 1.165) is 28.7 Å². The Bertz CT molecular complexity index is 416. The predicted molar refractivity (Wildman–Crippen MR) is 76.8 cm³/mol. The van der Waals surface area contributed by atoms with Crippen LogP contribution in [0.4, 0.5) is 0 Å². The maximum Gasteiger partial charge on any atom is 0.305 e. The zero-order chi connectivity index (χ0) is 13.7. The smallest absolute Gasteiger partial charge is 0.305 e. The van der Waals surface area contributed by atoms with Crippen LogP contribution in [0.2, 0.25) is 0 Å². The van der Waals surface area contributed by atoms with Gasteiger partial charge in [-0.25, -0.2) is 0 Å². The molecular weight excluding hydrogens is 294 g/mol. The SMILES string of the molecule is CCN(CC)C(CC(=O)O)c1ccc(Br)c(C)c1. The van der Waals surface area contributed by atoms with Crippen molar-refractivity contribution in [3.05, 3.63) is 33.8 Å². The summed E-state index contributed by atoms with van der Waals surface area (Å²) in [4.78, 5) is 13.2. The summed E-state index contributed by atoms with van der Waals surface area (Å²) in [6, 6.07) is 6.01. The Morgan fingerprint density at radius 3 is 2.44 bits per heavy atom. The molecule has 0 saturated heterocycles. The van der Waals surface area contributed by atoms with Crippen LogP contribution in [0.1, 0.15) is 37.4 Å². The largest absolute Gasteiger partial charge is 0.481 e. The molecule has 0 aromatic heterocycles. The van der Waals surface area contributed by atoms with Gasteiger partial charge >= 0.3 is 5.97 Å². The third-order valence-electron chi connectivity index (χ3n) is 3.19. The van der Waals surface area contributed by atoms with E-state index in [2.05, 4.69) is 40.7 Å². The van der Waals surface area contributed by atoms with Crippen LogP contribution in [0.5, 0.6) is 0 Å². The van der Waals surface area contributed by atoms with Crippen molar-refractivity contribution in [2.75, 3.05) is 13.1 Å². The molecule has 3 nitrogen and oxygen atoms in total. The van der Waals surface area contributed by atoms with Crippen molar-refractivity contribution in [3.8, 4) is 0 Å². The summed E-state index contributed by atoms with van der Waals surface area (Å²) in [6.45, 7) is 7.84. The lowest BCUT2D eigenvalue weighted by Gasteiger charge is -2.29. The number of carbonyl (C=O) groups is 1. The van der Waals surface area contributed by atoms with Crippen molar-refractivity contribution >= 4 is 21.9 Å². The summed E-state index contributed by atoms with van der Waals surface area (Å²) in [6.07, 6.45) is 0.142. The summed E-state index contributed by atoms with van der Waals surface area (Å²) in [5, 5.41) is 9.07. The molecule has 0 aliphatic carbocycles. The fourth-order valence-electron chi connectivity index (χ4n) is 2.16. The molecule has 18 heavy (non-hydrogen) atoms. The Morgan fingerprint density at radius 2 is 2.00 bits per heavy atom. The van der Waals surface area contributed by atoms with E-state index < -0.39 is 5.97 Å². The first kappa shape index (κ1) is 15.2. The minimum Gasteiger partial charge on any atom is -0.481 e. The van der Waals surface area contributed by atoms with E-state index in [1.54, 1.807) is 0 Å². The molecule has 1 aromatic rings. The average molecular weight is 314 g/mol. The predicted octanol–water partition coefficient (Wildman–Crippen LogP) is 3.62. The monoisotopic (exact) mass is 313 g/mol. The Hall–Kier alpha value is -0.870. The van der Waals surface area contributed by atoms with Crippen LogP contribution in [-0.2, 0) is 4.79 Å². The number of aryl methyl sites for hydroxylation is 1. The first-order valence-electron chi connectivity index (χ1n) is 6.21. The molecule has 0 aliphatic rings. The normalized spacial score (nSPS) is 12.7. The molecule has 0 radical (unpaired) electrons. The molecule has 1 atom stereocenters. The molecule has 0 saturated carbocycles. The van der Waals surface area contributed by atoms with Gasteiger partial charge in [0.1, 0.15) is 0 Å². The zero-order valence-corrected chi connectivity index (χ0v) is 12.7. The number of hydrogen-bond acceptors (Lipinski definition) is 2. The Kier molecular flexibility index (Phi) is 5.82. The molecule has 0 spiro atoms. The highest BCUT2D eigenvalue weighted by Crippen LogP contribution is 2.27. The number of rotatable bonds is 6. The van der Waals surface area contributed by atoms with Crippen molar-refractivity contribution in [1.82, 2.24) is 4.90 Å². The molecule has 100 valence electrons. The first-order chi connectivity index (χ1) is 8.49. The highest BCUT2D eigenvalue weighted by molar-refractivity contribution is 9.10. The van der Waals surface area contributed by atoms with E-state index in [4.69, 9.17) is 5.11 Å². The summed E-state index contributed by atoms with van der Waals surface area (Å²) >= 11 is 3.47. The van der Waals surface area contributed by atoms with Gasteiger partial charge in [0.25, 0.3) is 0 Å². The van der Waals surface area contributed by atoms with Crippen molar-refractivity contribution in [2.24, 2.45) is 0 Å². The number of hydrogen-bond donors (Lipinski definition) is 1. The van der Waals surface area contributed by atoms with E-state index in [9.17, 15) is 4.79 Å². The second kappa shape index (κ2) is 6.90. The number of benzene rings is 1. The van der Waals surface area contributed by atoms with Crippen LogP contribution in [0, 0.1) is 6.92 Å². The van der Waals surface area contributed by atoms with E-state index in [1.807, 2.05) is 19.1 Å². The third kappa shape index (κ3) is 3.82. The summed E-state index contributed by atoms with van der Waals surface area (Å²) < 4.78 is 1.06. The molecule has 0 fully saturated rings. The van der Waals surface area contributed by atoms with Gasteiger partial charge in [-0.15, -0.1) is 0 Å². The van der Waals surface area contributed by atoms with Crippen LogP contribution >= 0.6 is 15.9 Å². The van der Waals surface area contributed by atoms with Gasteiger partial charge in [-0.3, -0.25) is 9.69 Å². The van der Waals surface area contributed by atoms with Gasteiger partial charge in [0.05, 0.1) is 6.42 Å². The summed E-state index contributed by atoms with van der Waals surface area (Å²) in [5.74, 6) is -0.757. The maximum absolute atomic E-state index is 11.0. The Labute approximate surface area is 117 Å². The third-order valence-corrected chi connectivity index (χ3v) is 4.08. The van der Waals surface area contributed by atoms with E-state index >= 15 is 0 Å². The molecule has 1 aromatic carbocycles. The quantitative estimate of drug-likeness (QED) is 0.872.